The number of nitrogens with zero attached hydrogens (tertiary/aromatic N) is 1. The zero-order valence-corrected chi connectivity index (χ0v) is 14.3. The standard InChI is InChI=1S/C16H16ClNO4S/c1-22-16(19)13-8-14(17)10-15(9-13)18(23(2,20)21)11-12-6-4-3-5-7-12/h3-10H,11H2,1-2H3. The second-order valence-corrected chi connectivity index (χ2v) is 7.29. The van der Waals surface area contributed by atoms with Crippen molar-refractivity contribution in [2.24, 2.45) is 0 Å². The molecule has 0 fully saturated rings. The maximum Gasteiger partial charge on any atom is 0.337 e. The van der Waals surface area contributed by atoms with Crippen molar-refractivity contribution in [3.8, 4) is 0 Å². The zero-order valence-electron chi connectivity index (χ0n) is 12.7. The van der Waals surface area contributed by atoms with Gasteiger partial charge in [-0.15, -0.1) is 0 Å². The lowest BCUT2D eigenvalue weighted by Gasteiger charge is -2.23. The third kappa shape index (κ3) is 4.46. The summed E-state index contributed by atoms with van der Waals surface area (Å²) in [5.41, 5.74) is 1.32. The van der Waals surface area contributed by atoms with Gasteiger partial charge < -0.3 is 4.74 Å². The van der Waals surface area contributed by atoms with Gasteiger partial charge in [0.25, 0.3) is 0 Å². The van der Waals surface area contributed by atoms with E-state index in [2.05, 4.69) is 4.74 Å². The SMILES string of the molecule is COC(=O)c1cc(Cl)cc(N(Cc2ccccc2)S(C)(=O)=O)c1. The van der Waals surface area contributed by atoms with Crippen molar-refractivity contribution in [2.45, 2.75) is 6.54 Å². The molecule has 2 aromatic rings. The Morgan fingerprint density at radius 2 is 1.83 bits per heavy atom. The average Bonchev–Trinajstić information content (AvgIpc) is 2.51. The highest BCUT2D eigenvalue weighted by molar-refractivity contribution is 7.92. The van der Waals surface area contributed by atoms with E-state index in [0.29, 0.717) is 5.69 Å². The third-order valence-corrected chi connectivity index (χ3v) is 4.52. The Kier molecular flexibility index (Phi) is 5.28. The molecule has 0 amide bonds. The van der Waals surface area contributed by atoms with E-state index < -0.39 is 16.0 Å². The van der Waals surface area contributed by atoms with E-state index in [9.17, 15) is 13.2 Å². The van der Waals surface area contributed by atoms with Crippen molar-refractivity contribution < 1.29 is 17.9 Å². The molecule has 0 aliphatic carbocycles. The fourth-order valence-electron chi connectivity index (χ4n) is 2.10. The van der Waals surface area contributed by atoms with Gasteiger partial charge in [-0.25, -0.2) is 13.2 Å². The Labute approximate surface area is 140 Å². The van der Waals surface area contributed by atoms with Crippen molar-refractivity contribution in [2.75, 3.05) is 17.7 Å². The van der Waals surface area contributed by atoms with Gasteiger partial charge in [-0.05, 0) is 23.8 Å². The predicted octanol–water partition coefficient (Wildman–Crippen LogP) is 3.09. The predicted molar refractivity (Wildman–Crippen MR) is 90.3 cm³/mol. The molecular weight excluding hydrogens is 338 g/mol. The summed E-state index contributed by atoms with van der Waals surface area (Å²) in [4.78, 5) is 11.7. The number of carbonyl (C=O) groups is 1. The highest BCUT2D eigenvalue weighted by Crippen LogP contribution is 2.26. The van der Waals surface area contributed by atoms with E-state index >= 15 is 0 Å². The number of hydrogen-bond acceptors (Lipinski definition) is 4. The summed E-state index contributed by atoms with van der Waals surface area (Å²) >= 11 is 6.02. The Hall–Kier alpha value is -2.05. The summed E-state index contributed by atoms with van der Waals surface area (Å²) < 4.78 is 30.2. The van der Waals surface area contributed by atoms with Crippen LogP contribution in [0.4, 0.5) is 5.69 Å². The molecule has 0 saturated heterocycles. The van der Waals surface area contributed by atoms with Crippen LogP contribution in [0.1, 0.15) is 15.9 Å². The molecule has 0 bridgehead atoms. The molecule has 0 aromatic heterocycles. The highest BCUT2D eigenvalue weighted by atomic mass is 35.5. The lowest BCUT2D eigenvalue weighted by atomic mass is 10.2. The maximum atomic E-state index is 12.2. The maximum absolute atomic E-state index is 12.2. The molecule has 2 aromatic carbocycles. The molecule has 0 aliphatic heterocycles. The van der Waals surface area contributed by atoms with E-state index in [1.807, 2.05) is 30.3 Å². The molecule has 2 rings (SSSR count). The molecular formula is C16H16ClNO4S. The Balaban J connectivity index is 2.48. The summed E-state index contributed by atoms with van der Waals surface area (Å²) in [5, 5.41) is 0.254. The summed E-state index contributed by atoms with van der Waals surface area (Å²) in [6.45, 7) is 0.140. The van der Waals surface area contributed by atoms with E-state index in [0.717, 1.165) is 11.8 Å². The van der Waals surface area contributed by atoms with E-state index in [4.69, 9.17) is 11.6 Å². The van der Waals surface area contributed by atoms with Gasteiger partial charge in [-0.2, -0.15) is 0 Å². The summed E-state index contributed by atoms with van der Waals surface area (Å²) in [5.74, 6) is -0.582. The minimum Gasteiger partial charge on any atom is -0.465 e. The molecule has 7 heteroatoms. The van der Waals surface area contributed by atoms with Crippen LogP contribution in [0.2, 0.25) is 5.02 Å². The Morgan fingerprint density at radius 3 is 2.39 bits per heavy atom. The Morgan fingerprint density at radius 1 is 1.17 bits per heavy atom. The minimum atomic E-state index is -3.56. The van der Waals surface area contributed by atoms with E-state index in [-0.39, 0.29) is 17.1 Å². The van der Waals surface area contributed by atoms with Crippen molar-refractivity contribution in [1.29, 1.82) is 0 Å². The number of halogens is 1. The zero-order chi connectivity index (χ0) is 17.0. The normalized spacial score (nSPS) is 11.1. The van der Waals surface area contributed by atoms with Crippen LogP contribution in [0.5, 0.6) is 0 Å². The average molecular weight is 354 g/mol. The molecule has 0 saturated carbocycles. The molecule has 0 atom stereocenters. The number of sulfonamides is 1. The fourth-order valence-corrected chi connectivity index (χ4v) is 3.20. The number of hydrogen-bond donors (Lipinski definition) is 0. The van der Waals surface area contributed by atoms with Gasteiger partial charge in [0.15, 0.2) is 0 Å². The monoisotopic (exact) mass is 353 g/mol. The van der Waals surface area contributed by atoms with Crippen LogP contribution in [-0.4, -0.2) is 27.8 Å². The van der Waals surface area contributed by atoms with Crippen LogP contribution in [-0.2, 0) is 21.3 Å². The van der Waals surface area contributed by atoms with Gasteiger partial charge in [-0.1, -0.05) is 41.9 Å². The van der Waals surface area contributed by atoms with Crippen LogP contribution >= 0.6 is 11.6 Å². The number of carbonyl (C=O) groups excluding carboxylic acids is 1. The number of ether oxygens (including phenoxy) is 1. The second-order valence-electron chi connectivity index (χ2n) is 4.94. The first kappa shape index (κ1) is 17.3. The first-order valence-corrected chi connectivity index (χ1v) is 8.94. The van der Waals surface area contributed by atoms with Crippen LogP contribution in [0, 0.1) is 0 Å². The first-order valence-electron chi connectivity index (χ1n) is 6.72. The summed E-state index contributed by atoms with van der Waals surface area (Å²) in [6, 6.07) is 13.5. The summed E-state index contributed by atoms with van der Waals surface area (Å²) in [7, 11) is -2.31. The van der Waals surface area contributed by atoms with Gasteiger partial charge >= 0.3 is 5.97 Å². The van der Waals surface area contributed by atoms with E-state index in [1.54, 1.807) is 0 Å². The number of benzene rings is 2. The van der Waals surface area contributed by atoms with Crippen LogP contribution in [0.25, 0.3) is 0 Å². The molecule has 0 unspecified atom stereocenters. The van der Waals surface area contributed by atoms with Gasteiger partial charge in [0.2, 0.25) is 10.0 Å². The molecule has 0 heterocycles. The number of esters is 1. The largest absolute Gasteiger partial charge is 0.465 e. The van der Waals surface area contributed by atoms with Gasteiger partial charge in [0, 0.05) is 5.02 Å². The number of anilines is 1. The van der Waals surface area contributed by atoms with Gasteiger partial charge in [0.1, 0.15) is 0 Å². The molecule has 0 N–H and O–H groups in total. The van der Waals surface area contributed by atoms with Crippen molar-refractivity contribution in [3.05, 3.63) is 64.7 Å². The number of methoxy groups -OCH3 is 1. The lowest BCUT2D eigenvalue weighted by Crippen LogP contribution is -2.29. The molecule has 0 radical (unpaired) electrons. The summed E-state index contributed by atoms with van der Waals surface area (Å²) in [6.07, 6.45) is 1.11. The molecule has 0 spiro atoms. The van der Waals surface area contributed by atoms with Gasteiger partial charge in [0.05, 0.1) is 31.2 Å². The smallest absolute Gasteiger partial charge is 0.337 e. The molecule has 23 heavy (non-hydrogen) atoms. The highest BCUT2D eigenvalue weighted by Gasteiger charge is 2.20. The van der Waals surface area contributed by atoms with Crippen LogP contribution in [0.3, 0.4) is 0 Å². The lowest BCUT2D eigenvalue weighted by molar-refractivity contribution is 0.0600. The first-order chi connectivity index (χ1) is 10.8. The van der Waals surface area contributed by atoms with Crippen molar-refractivity contribution in [1.82, 2.24) is 0 Å². The van der Waals surface area contributed by atoms with Crippen molar-refractivity contribution in [3.63, 3.8) is 0 Å². The Bertz CT molecular complexity index is 806. The van der Waals surface area contributed by atoms with Crippen LogP contribution < -0.4 is 4.31 Å². The number of rotatable bonds is 5. The molecule has 122 valence electrons. The van der Waals surface area contributed by atoms with Crippen LogP contribution in [0.15, 0.2) is 48.5 Å². The minimum absolute atomic E-state index is 0.140. The van der Waals surface area contributed by atoms with Gasteiger partial charge in [-0.3, -0.25) is 4.31 Å². The topological polar surface area (TPSA) is 63.7 Å². The quantitative estimate of drug-likeness (QED) is 0.775. The molecule has 0 aliphatic rings. The second kappa shape index (κ2) is 7.02. The fraction of sp³-hybridized carbons (Fsp3) is 0.188. The molecule has 5 nitrogen and oxygen atoms in total. The third-order valence-electron chi connectivity index (χ3n) is 3.16. The van der Waals surface area contributed by atoms with Crippen molar-refractivity contribution >= 4 is 33.3 Å². The van der Waals surface area contributed by atoms with E-state index in [1.165, 1.54) is 29.6 Å².